The first kappa shape index (κ1) is 10.3. The fraction of sp³-hybridized carbons (Fsp3) is 0.700. The van der Waals surface area contributed by atoms with Gasteiger partial charge in [-0.3, -0.25) is 4.79 Å². The average molecular weight is 182 g/mol. The number of carbonyl (C=O) groups excluding carboxylic acids is 1. The van der Waals surface area contributed by atoms with E-state index in [1.165, 1.54) is 12.8 Å². The number of likely N-dealkylation sites (N-methyl/N-ethyl adjacent to an activating group) is 1. The minimum atomic E-state index is 0.138. The molecule has 0 saturated heterocycles. The van der Waals surface area contributed by atoms with Gasteiger partial charge in [-0.1, -0.05) is 12.2 Å². The SMILES string of the molecule is CN(C)C(=O)CNC1C=CCCC1. The van der Waals surface area contributed by atoms with Gasteiger partial charge < -0.3 is 10.2 Å². The summed E-state index contributed by atoms with van der Waals surface area (Å²) in [5.41, 5.74) is 0. The topological polar surface area (TPSA) is 32.3 Å². The van der Waals surface area contributed by atoms with Crippen LogP contribution in [-0.4, -0.2) is 37.5 Å². The Balaban J connectivity index is 2.21. The second-order valence-electron chi connectivity index (χ2n) is 3.63. The molecule has 1 N–H and O–H groups in total. The Kier molecular flexibility index (Phi) is 3.96. The van der Waals surface area contributed by atoms with Crippen molar-refractivity contribution in [3.8, 4) is 0 Å². The second-order valence-corrected chi connectivity index (χ2v) is 3.63. The molecule has 74 valence electrons. The van der Waals surface area contributed by atoms with E-state index in [1.807, 2.05) is 0 Å². The summed E-state index contributed by atoms with van der Waals surface area (Å²) in [7, 11) is 3.56. The lowest BCUT2D eigenvalue weighted by Gasteiger charge is -2.19. The summed E-state index contributed by atoms with van der Waals surface area (Å²) in [6, 6.07) is 0.401. The van der Waals surface area contributed by atoms with Crippen molar-refractivity contribution in [2.75, 3.05) is 20.6 Å². The fourth-order valence-electron chi connectivity index (χ4n) is 1.36. The molecule has 1 atom stereocenters. The summed E-state index contributed by atoms with van der Waals surface area (Å²) in [6.07, 6.45) is 7.90. The normalized spacial score (nSPS) is 21.5. The molecule has 0 aromatic heterocycles. The van der Waals surface area contributed by atoms with Crippen LogP contribution >= 0.6 is 0 Å². The molecule has 3 heteroatoms. The molecule has 0 fully saturated rings. The zero-order valence-electron chi connectivity index (χ0n) is 8.42. The van der Waals surface area contributed by atoms with Crippen molar-refractivity contribution in [3.05, 3.63) is 12.2 Å². The minimum absolute atomic E-state index is 0.138. The third-order valence-electron chi connectivity index (χ3n) is 2.27. The highest BCUT2D eigenvalue weighted by Crippen LogP contribution is 2.09. The van der Waals surface area contributed by atoms with E-state index in [-0.39, 0.29) is 5.91 Å². The van der Waals surface area contributed by atoms with Gasteiger partial charge in [-0.15, -0.1) is 0 Å². The molecule has 1 aliphatic rings. The number of nitrogens with zero attached hydrogens (tertiary/aromatic N) is 1. The number of allylic oxidation sites excluding steroid dienone is 1. The lowest BCUT2D eigenvalue weighted by atomic mass is 10.0. The Labute approximate surface area is 79.8 Å². The third-order valence-corrected chi connectivity index (χ3v) is 2.27. The number of amides is 1. The number of rotatable bonds is 3. The molecule has 0 radical (unpaired) electrons. The molecular weight excluding hydrogens is 164 g/mol. The van der Waals surface area contributed by atoms with Gasteiger partial charge in [-0.2, -0.15) is 0 Å². The van der Waals surface area contributed by atoms with Crippen molar-refractivity contribution in [2.45, 2.75) is 25.3 Å². The molecular formula is C10H18N2O. The van der Waals surface area contributed by atoms with Crippen molar-refractivity contribution >= 4 is 5.91 Å². The molecule has 1 amide bonds. The van der Waals surface area contributed by atoms with Crippen LogP contribution < -0.4 is 5.32 Å². The lowest BCUT2D eigenvalue weighted by molar-refractivity contribution is -0.127. The zero-order valence-corrected chi connectivity index (χ0v) is 8.42. The van der Waals surface area contributed by atoms with Crippen molar-refractivity contribution in [1.82, 2.24) is 10.2 Å². The highest BCUT2D eigenvalue weighted by atomic mass is 16.2. The molecule has 13 heavy (non-hydrogen) atoms. The molecule has 0 spiro atoms. The highest BCUT2D eigenvalue weighted by molar-refractivity contribution is 5.77. The molecule has 0 aliphatic heterocycles. The van der Waals surface area contributed by atoms with Crippen molar-refractivity contribution < 1.29 is 4.79 Å². The zero-order chi connectivity index (χ0) is 9.68. The van der Waals surface area contributed by atoms with Gasteiger partial charge in [-0.05, 0) is 19.3 Å². The Morgan fingerprint density at radius 1 is 1.62 bits per heavy atom. The number of carbonyl (C=O) groups is 1. The van der Waals surface area contributed by atoms with Crippen LogP contribution in [0.25, 0.3) is 0 Å². The largest absolute Gasteiger partial charge is 0.348 e. The quantitative estimate of drug-likeness (QED) is 0.654. The maximum atomic E-state index is 11.2. The molecule has 0 saturated carbocycles. The summed E-state index contributed by atoms with van der Waals surface area (Å²) in [5, 5.41) is 3.22. The monoisotopic (exact) mass is 182 g/mol. The maximum Gasteiger partial charge on any atom is 0.236 e. The number of hydrogen-bond acceptors (Lipinski definition) is 2. The molecule has 0 aromatic rings. The summed E-state index contributed by atoms with van der Waals surface area (Å²) >= 11 is 0. The van der Waals surface area contributed by atoms with E-state index in [2.05, 4.69) is 17.5 Å². The summed E-state index contributed by atoms with van der Waals surface area (Å²) in [4.78, 5) is 12.8. The van der Waals surface area contributed by atoms with Gasteiger partial charge >= 0.3 is 0 Å². The van der Waals surface area contributed by atoms with Gasteiger partial charge in [0.05, 0.1) is 6.54 Å². The van der Waals surface area contributed by atoms with Crippen LogP contribution in [0.1, 0.15) is 19.3 Å². The smallest absolute Gasteiger partial charge is 0.236 e. The number of hydrogen-bond donors (Lipinski definition) is 1. The average Bonchev–Trinajstić information content (AvgIpc) is 2.15. The van der Waals surface area contributed by atoms with E-state index in [0.717, 1.165) is 6.42 Å². The van der Waals surface area contributed by atoms with Crippen LogP contribution in [0.5, 0.6) is 0 Å². The summed E-state index contributed by atoms with van der Waals surface area (Å²) in [5.74, 6) is 0.138. The Morgan fingerprint density at radius 3 is 2.92 bits per heavy atom. The molecule has 1 rings (SSSR count). The van der Waals surface area contributed by atoms with Crippen molar-refractivity contribution in [3.63, 3.8) is 0 Å². The third kappa shape index (κ3) is 3.59. The predicted molar refractivity (Wildman–Crippen MR) is 53.5 cm³/mol. The van der Waals surface area contributed by atoms with Crippen molar-refractivity contribution in [1.29, 1.82) is 0 Å². The van der Waals surface area contributed by atoms with Gasteiger partial charge in [0.1, 0.15) is 0 Å². The first-order valence-corrected chi connectivity index (χ1v) is 4.80. The van der Waals surface area contributed by atoms with Crippen LogP contribution in [-0.2, 0) is 4.79 Å². The van der Waals surface area contributed by atoms with Gasteiger partial charge in [0.25, 0.3) is 0 Å². The molecule has 0 aromatic carbocycles. The molecule has 3 nitrogen and oxygen atoms in total. The number of nitrogens with one attached hydrogen (secondary N) is 1. The van der Waals surface area contributed by atoms with E-state index in [9.17, 15) is 4.79 Å². The van der Waals surface area contributed by atoms with E-state index in [0.29, 0.717) is 12.6 Å². The van der Waals surface area contributed by atoms with Gasteiger partial charge in [0, 0.05) is 20.1 Å². The van der Waals surface area contributed by atoms with Crippen LogP contribution in [0.15, 0.2) is 12.2 Å². The predicted octanol–water partition coefficient (Wildman–Crippen LogP) is 0.773. The Morgan fingerprint density at radius 2 is 2.38 bits per heavy atom. The fourth-order valence-corrected chi connectivity index (χ4v) is 1.36. The summed E-state index contributed by atoms with van der Waals surface area (Å²) in [6.45, 7) is 0.446. The van der Waals surface area contributed by atoms with Crippen LogP contribution in [0.3, 0.4) is 0 Å². The van der Waals surface area contributed by atoms with Gasteiger partial charge in [-0.25, -0.2) is 0 Å². The Bertz CT molecular complexity index is 199. The summed E-state index contributed by atoms with van der Waals surface area (Å²) < 4.78 is 0. The molecule has 0 bridgehead atoms. The first-order chi connectivity index (χ1) is 6.20. The van der Waals surface area contributed by atoms with Gasteiger partial charge in [0.2, 0.25) is 5.91 Å². The lowest BCUT2D eigenvalue weighted by Crippen LogP contribution is -2.38. The van der Waals surface area contributed by atoms with Crippen molar-refractivity contribution in [2.24, 2.45) is 0 Å². The van der Waals surface area contributed by atoms with Crippen LogP contribution in [0.2, 0.25) is 0 Å². The molecule has 1 unspecified atom stereocenters. The van der Waals surface area contributed by atoms with Crippen LogP contribution in [0, 0.1) is 0 Å². The second kappa shape index (κ2) is 5.02. The standard InChI is InChI=1S/C10H18N2O/c1-12(2)10(13)8-11-9-6-4-3-5-7-9/h4,6,9,11H,3,5,7-8H2,1-2H3. The van der Waals surface area contributed by atoms with E-state index in [1.54, 1.807) is 19.0 Å². The maximum absolute atomic E-state index is 11.2. The minimum Gasteiger partial charge on any atom is -0.348 e. The molecule has 1 aliphatic carbocycles. The van der Waals surface area contributed by atoms with Crippen LogP contribution in [0.4, 0.5) is 0 Å². The Hall–Kier alpha value is -0.830. The van der Waals surface area contributed by atoms with E-state index in [4.69, 9.17) is 0 Å². The van der Waals surface area contributed by atoms with E-state index >= 15 is 0 Å². The molecule has 0 heterocycles. The van der Waals surface area contributed by atoms with Gasteiger partial charge in [0.15, 0.2) is 0 Å². The first-order valence-electron chi connectivity index (χ1n) is 4.80. The van der Waals surface area contributed by atoms with E-state index < -0.39 is 0 Å². The highest BCUT2D eigenvalue weighted by Gasteiger charge is 2.10.